The Labute approximate surface area is 90.5 Å². The lowest BCUT2D eigenvalue weighted by atomic mass is 9.82. The summed E-state index contributed by atoms with van der Waals surface area (Å²) in [6, 6.07) is 8.07. The molecule has 0 radical (unpaired) electrons. The van der Waals surface area contributed by atoms with E-state index in [1.165, 1.54) is 0 Å². The third-order valence-electron chi connectivity index (χ3n) is 3.30. The second-order valence-electron chi connectivity index (χ2n) is 4.36. The number of benzene rings is 1. The van der Waals surface area contributed by atoms with E-state index in [9.17, 15) is 4.39 Å². The molecule has 1 aromatic rings. The molecule has 1 fully saturated rings. The lowest BCUT2D eigenvalue weighted by Gasteiger charge is -2.26. The van der Waals surface area contributed by atoms with Crippen LogP contribution >= 0.6 is 0 Å². The normalized spacial score (nSPS) is 26.5. The number of nitrogens with two attached hydrogens (primary N) is 1. The molecule has 1 aliphatic rings. The number of alkyl halides is 1. The van der Waals surface area contributed by atoms with Gasteiger partial charge in [-0.2, -0.15) is 0 Å². The van der Waals surface area contributed by atoms with Crippen molar-refractivity contribution in [2.24, 2.45) is 5.73 Å². The van der Waals surface area contributed by atoms with Gasteiger partial charge in [0.15, 0.2) is 0 Å². The summed E-state index contributed by atoms with van der Waals surface area (Å²) in [7, 11) is 0. The summed E-state index contributed by atoms with van der Waals surface area (Å²) in [5.74, 6) is 0.102. The molecule has 0 aromatic heterocycles. The first-order valence-corrected chi connectivity index (χ1v) is 5.74. The Morgan fingerprint density at radius 3 is 2.80 bits per heavy atom. The fraction of sp³-hybridized carbons (Fsp3) is 0.538. The predicted molar refractivity (Wildman–Crippen MR) is 60.4 cm³/mol. The van der Waals surface area contributed by atoms with Crippen molar-refractivity contribution in [1.82, 2.24) is 0 Å². The number of rotatable bonds is 2. The molecular formula is C13H18FN. The van der Waals surface area contributed by atoms with Crippen molar-refractivity contribution < 1.29 is 4.39 Å². The number of hydrogen-bond donors (Lipinski definition) is 1. The average Bonchev–Trinajstić information content (AvgIpc) is 2.30. The first kappa shape index (κ1) is 10.6. The summed E-state index contributed by atoms with van der Waals surface area (Å²) < 4.78 is 13.7. The van der Waals surface area contributed by atoms with E-state index in [-0.39, 0.29) is 5.92 Å². The highest BCUT2D eigenvalue weighted by molar-refractivity contribution is 5.27. The zero-order chi connectivity index (χ0) is 10.7. The minimum atomic E-state index is -0.660. The van der Waals surface area contributed by atoms with Crippen LogP contribution in [-0.4, -0.2) is 6.17 Å². The van der Waals surface area contributed by atoms with Gasteiger partial charge < -0.3 is 5.73 Å². The van der Waals surface area contributed by atoms with Crippen molar-refractivity contribution in [3.8, 4) is 0 Å². The van der Waals surface area contributed by atoms with Crippen LogP contribution in [0, 0.1) is 0 Å². The third kappa shape index (κ3) is 2.37. The average molecular weight is 207 g/mol. The van der Waals surface area contributed by atoms with E-state index < -0.39 is 6.17 Å². The van der Waals surface area contributed by atoms with Gasteiger partial charge in [0, 0.05) is 12.5 Å². The fourth-order valence-electron chi connectivity index (χ4n) is 2.41. The van der Waals surface area contributed by atoms with Crippen molar-refractivity contribution in [2.75, 3.05) is 0 Å². The molecule has 0 heterocycles. The maximum Gasteiger partial charge on any atom is 0.107 e. The summed E-state index contributed by atoms with van der Waals surface area (Å²) in [6.07, 6.45) is 3.23. The quantitative estimate of drug-likeness (QED) is 0.792. The molecule has 1 aromatic carbocycles. The summed E-state index contributed by atoms with van der Waals surface area (Å²) in [5.41, 5.74) is 7.82. The van der Waals surface area contributed by atoms with Crippen LogP contribution < -0.4 is 5.73 Å². The van der Waals surface area contributed by atoms with Crippen LogP contribution in [0.25, 0.3) is 0 Å². The van der Waals surface area contributed by atoms with Crippen molar-refractivity contribution in [3.63, 3.8) is 0 Å². The molecule has 0 spiro atoms. The molecule has 0 aliphatic heterocycles. The molecule has 15 heavy (non-hydrogen) atoms. The Morgan fingerprint density at radius 2 is 2.07 bits per heavy atom. The topological polar surface area (TPSA) is 26.0 Å². The zero-order valence-corrected chi connectivity index (χ0v) is 8.95. The summed E-state index contributed by atoms with van der Waals surface area (Å²) in [5, 5.41) is 0. The monoisotopic (exact) mass is 207 g/mol. The molecule has 0 bridgehead atoms. The molecule has 0 saturated heterocycles. The molecule has 2 atom stereocenters. The van der Waals surface area contributed by atoms with Crippen LogP contribution in [0.1, 0.15) is 42.7 Å². The molecule has 1 saturated carbocycles. The van der Waals surface area contributed by atoms with Gasteiger partial charge in [0.05, 0.1) is 0 Å². The second kappa shape index (κ2) is 4.75. The summed E-state index contributed by atoms with van der Waals surface area (Å²) in [6.45, 7) is 0.539. The van der Waals surface area contributed by atoms with E-state index >= 15 is 0 Å². The van der Waals surface area contributed by atoms with Crippen LogP contribution in [0.2, 0.25) is 0 Å². The Kier molecular flexibility index (Phi) is 3.37. The van der Waals surface area contributed by atoms with Gasteiger partial charge in [-0.05, 0) is 24.0 Å². The van der Waals surface area contributed by atoms with Gasteiger partial charge in [0.2, 0.25) is 0 Å². The van der Waals surface area contributed by atoms with Gasteiger partial charge in [0.1, 0.15) is 6.17 Å². The molecular weight excluding hydrogens is 189 g/mol. The van der Waals surface area contributed by atoms with Crippen LogP contribution in [0.5, 0.6) is 0 Å². The molecule has 2 rings (SSSR count). The van der Waals surface area contributed by atoms with E-state index in [0.29, 0.717) is 6.54 Å². The molecule has 1 aliphatic carbocycles. The van der Waals surface area contributed by atoms with Crippen LogP contribution in [0.15, 0.2) is 24.3 Å². The highest BCUT2D eigenvalue weighted by Crippen LogP contribution is 2.35. The Bertz CT molecular complexity index is 324. The molecule has 2 heteroatoms. The van der Waals surface area contributed by atoms with Gasteiger partial charge in [-0.3, -0.25) is 0 Å². The van der Waals surface area contributed by atoms with Crippen LogP contribution in [0.3, 0.4) is 0 Å². The smallest absolute Gasteiger partial charge is 0.107 e. The Morgan fingerprint density at radius 1 is 1.27 bits per heavy atom. The molecule has 2 N–H and O–H groups in total. The zero-order valence-electron chi connectivity index (χ0n) is 8.95. The third-order valence-corrected chi connectivity index (χ3v) is 3.30. The van der Waals surface area contributed by atoms with Crippen molar-refractivity contribution in [3.05, 3.63) is 35.4 Å². The second-order valence-corrected chi connectivity index (χ2v) is 4.36. The fourth-order valence-corrected chi connectivity index (χ4v) is 2.41. The van der Waals surface area contributed by atoms with E-state index in [4.69, 9.17) is 5.73 Å². The van der Waals surface area contributed by atoms with Crippen molar-refractivity contribution in [1.29, 1.82) is 0 Å². The molecule has 82 valence electrons. The SMILES string of the molecule is NCc1cccc(C2CCCCC2F)c1. The lowest BCUT2D eigenvalue weighted by Crippen LogP contribution is -2.18. The summed E-state index contributed by atoms with van der Waals surface area (Å²) >= 11 is 0. The standard InChI is InChI=1S/C13H18FN/c14-13-7-2-1-6-12(13)11-5-3-4-10(8-11)9-15/h3-5,8,12-13H,1-2,6-7,9,15H2. The maximum atomic E-state index is 13.7. The predicted octanol–water partition coefficient (Wildman–Crippen LogP) is 3.14. The highest BCUT2D eigenvalue weighted by atomic mass is 19.1. The number of hydrogen-bond acceptors (Lipinski definition) is 1. The highest BCUT2D eigenvalue weighted by Gasteiger charge is 2.25. The maximum absolute atomic E-state index is 13.7. The molecule has 0 amide bonds. The van der Waals surface area contributed by atoms with Gasteiger partial charge >= 0.3 is 0 Å². The van der Waals surface area contributed by atoms with E-state index in [1.807, 2.05) is 18.2 Å². The number of halogens is 1. The van der Waals surface area contributed by atoms with Crippen LogP contribution in [-0.2, 0) is 6.54 Å². The van der Waals surface area contributed by atoms with Crippen molar-refractivity contribution in [2.45, 2.75) is 44.3 Å². The Hall–Kier alpha value is -0.890. The summed E-state index contributed by atoms with van der Waals surface area (Å²) in [4.78, 5) is 0. The Balaban J connectivity index is 2.19. The van der Waals surface area contributed by atoms with Gasteiger partial charge in [-0.1, -0.05) is 37.1 Å². The van der Waals surface area contributed by atoms with E-state index in [1.54, 1.807) is 0 Å². The van der Waals surface area contributed by atoms with Gasteiger partial charge in [-0.15, -0.1) is 0 Å². The van der Waals surface area contributed by atoms with Crippen molar-refractivity contribution >= 4 is 0 Å². The van der Waals surface area contributed by atoms with E-state index in [0.717, 1.165) is 36.8 Å². The lowest BCUT2D eigenvalue weighted by molar-refractivity contribution is 0.216. The largest absolute Gasteiger partial charge is 0.326 e. The van der Waals surface area contributed by atoms with E-state index in [2.05, 4.69) is 6.07 Å². The first-order valence-electron chi connectivity index (χ1n) is 5.74. The minimum Gasteiger partial charge on any atom is -0.326 e. The van der Waals surface area contributed by atoms with Crippen LogP contribution in [0.4, 0.5) is 4.39 Å². The molecule has 2 unspecified atom stereocenters. The van der Waals surface area contributed by atoms with Gasteiger partial charge in [-0.25, -0.2) is 4.39 Å². The molecule has 1 nitrogen and oxygen atoms in total. The minimum absolute atomic E-state index is 0.102. The first-order chi connectivity index (χ1) is 7.31. The van der Waals surface area contributed by atoms with Gasteiger partial charge in [0.25, 0.3) is 0 Å².